The van der Waals surface area contributed by atoms with Crippen LogP contribution in [0, 0.1) is 0 Å². The Hall–Kier alpha value is -0.0800. The Labute approximate surface area is 102 Å². The highest BCUT2D eigenvalue weighted by Crippen LogP contribution is 2.12. The largest absolute Gasteiger partial charge is 0.376 e. The van der Waals surface area contributed by atoms with Crippen molar-refractivity contribution in [2.24, 2.45) is 0 Å². The lowest BCUT2D eigenvalue weighted by molar-refractivity contribution is -0.00498. The van der Waals surface area contributed by atoms with Crippen molar-refractivity contribution in [2.45, 2.75) is 71.9 Å². The second-order valence-electron chi connectivity index (χ2n) is 6.61. The van der Waals surface area contributed by atoms with Gasteiger partial charge in [-0.1, -0.05) is 0 Å². The molecule has 0 fully saturated rings. The zero-order chi connectivity index (χ0) is 12.8. The van der Waals surface area contributed by atoms with Gasteiger partial charge in [-0.3, -0.25) is 0 Å². The van der Waals surface area contributed by atoms with Crippen LogP contribution in [0.1, 0.15) is 60.8 Å². The first kappa shape index (κ1) is 15.9. The first-order valence-corrected chi connectivity index (χ1v) is 6.48. The SMILES string of the molecule is CN(CCCCCOC(C)(C)C)C(C)(C)C. The third kappa shape index (κ3) is 9.17. The third-order valence-electron chi connectivity index (χ3n) is 2.82. The van der Waals surface area contributed by atoms with Crippen LogP contribution in [-0.4, -0.2) is 36.2 Å². The smallest absolute Gasteiger partial charge is 0.0598 e. The highest BCUT2D eigenvalue weighted by Gasteiger charge is 2.15. The molecule has 0 bridgehead atoms. The molecule has 0 aliphatic carbocycles. The van der Waals surface area contributed by atoms with Crippen LogP contribution in [0.4, 0.5) is 0 Å². The molecule has 0 radical (unpaired) electrons. The van der Waals surface area contributed by atoms with Gasteiger partial charge in [-0.25, -0.2) is 0 Å². The normalized spacial score (nSPS) is 13.5. The molecule has 0 aliphatic rings. The van der Waals surface area contributed by atoms with Crippen molar-refractivity contribution in [1.82, 2.24) is 4.90 Å². The Morgan fingerprint density at radius 1 is 0.875 bits per heavy atom. The fraction of sp³-hybridized carbons (Fsp3) is 1.00. The van der Waals surface area contributed by atoms with E-state index < -0.39 is 0 Å². The fourth-order valence-corrected chi connectivity index (χ4v) is 1.34. The molecule has 0 aromatic carbocycles. The molecule has 2 nitrogen and oxygen atoms in total. The van der Waals surface area contributed by atoms with Gasteiger partial charge in [0.05, 0.1) is 5.60 Å². The van der Waals surface area contributed by atoms with E-state index in [9.17, 15) is 0 Å². The van der Waals surface area contributed by atoms with Crippen LogP contribution >= 0.6 is 0 Å². The van der Waals surface area contributed by atoms with Crippen molar-refractivity contribution in [3.63, 3.8) is 0 Å². The maximum Gasteiger partial charge on any atom is 0.0598 e. The summed E-state index contributed by atoms with van der Waals surface area (Å²) in [7, 11) is 2.20. The lowest BCUT2D eigenvalue weighted by Crippen LogP contribution is -2.38. The van der Waals surface area contributed by atoms with E-state index in [4.69, 9.17) is 4.74 Å². The third-order valence-corrected chi connectivity index (χ3v) is 2.82. The van der Waals surface area contributed by atoms with Gasteiger partial charge in [0.15, 0.2) is 0 Å². The average Bonchev–Trinajstić information content (AvgIpc) is 2.07. The van der Waals surface area contributed by atoms with Crippen molar-refractivity contribution >= 4 is 0 Å². The molecule has 0 aromatic heterocycles. The highest BCUT2D eigenvalue weighted by molar-refractivity contribution is 4.72. The zero-order valence-corrected chi connectivity index (χ0v) is 12.4. The van der Waals surface area contributed by atoms with E-state index in [2.05, 4.69) is 53.5 Å². The number of nitrogens with zero attached hydrogens (tertiary/aromatic N) is 1. The predicted octanol–water partition coefficient (Wildman–Crippen LogP) is 3.70. The lowest BCUT2D eigenvalue weighted by Gasteiger charge is -2.31. The van der Waals surface area contributed by atoms with Crippen LogP contribution < -0.4 is 0 Å². The molecule has 0 saturated heterocycles. The Morgan fingerprint density at radius 2 is 1.44 bits per heavy atom. The summed E-state index contributed by atoms with van der Waals surface area (Å²) < 4.78 is 5.69. The van der Waals surface area contributed by atoms with E-state index in [1.54, 1.807) is 0 Å². The number of hydrogen-bond acceptors (Lipinski definition) is 2. The van der Waals surface area contributed by atoms with Gasteiger partial charge in [-0.05, 0) is 74.4 Å². The molecule has 0 aromatic rings. The molecule has 0 heterocycles. The van der Waals surface area contributed by atoms with Crippen molar-refractivity contribution in [1.29, 1.82) is 0 Å². The van der Waals surface area contributed by atoms with E-state index in [1.807, 2.05) is 0 Å². The van der Waals surface area contributed by atoms with Gasteiger partial charge in [0, 0.05) is 12.1 Å². The lowest BCUT2D eigenvalue weighted by atomic mass is 10.1. The number of unbranched alkanes of at least 4 members (excludes halogenated alkanes) is 2. The van der Waals surface area contributed by atoms with Gasteiger partial charge in [-0.2, -0.15) is 0 Å². The van der Waals surface area contributed by atoms with Gasteiger partial charge >= 0.3 is 0 Å². The van der Waals surface area contributed by atoms with E-state index in [-0.39, 0.29) is 5.60 Å². The highest BCUT2D eigenvalue weighted by atomic mass is 16.5. The summed E-state index contributed by atoms with van der Waals surface area (Å²) >= 11 is 0. The van der Waals surface area contributed by atoms with E-state index in [0.717, 1.165) is 6.61 Å². The van der Waals surface area contributed by atoms with Crippen molar-refractivity contribution in [3.8, 4) is 0 Å². The first-order valence-electron chi connectivity index (χ1n) is 6.48. The van der Waals surface area contributed by atoms with Crippen LogP contribution in [0.3, 0.4) is 0 Å². The van der Waals surface area contributed by atoms with E-state index >= 15 is 0 Å². The second-order valence-corrected chi connectivity index (χ2v) is 6.61. The van der Waals surface area contributed by atoms with E-state index in [1.165, 1.54) is 25.8 Å². The molecule has 0 unspecified atom stereocenters. The summed E-state index contributed by atoms with van der Waals surface area (Å²) in [5.41, 5.74) is 0.310. The van der Waals surface area contributed by atoms with Gasteiger partial charge in [-0.15, -0.1) is 0 Å². The monoisotopic (exact) mass is 229 g/mol. The van der Waals surface area contributed by atoms with Gasteiger partial charge in [0.25, 0.3) is 0 Å². The van der Waals surface area contributed by atoms with Crippen LogP contribution in [0.5, 0.6) is 0 Å². The standard InChI is InChI=1S/C14H31NO/c1-13(2,3)15(7)11-9-8-10-12-16-14(4,5)6/h8-12H2,1-7H3. The zero-order valence-electron chi connectivity index (χ0n) is 12.4. The molecular formula is C14H31NO. The van der Waals surface area contributed by atoms with Crippen molar-refractivity contribution in [2.75, 3.05) is 20.2 Å². The Balaban J connectivity index is 3.41. The number of rotatable bonds is 6. The minimum atomic E-state index is 0.0161. The molecular weight excluding hydrogens is 198 g/mol. The summed E-state index contributed by atoms with van der Waals surface area (Å²) in [5, 5.41) is 0. The molecule has 0 rings (SSSR count). The van der Waals surface area contributed by atoms with Gasteiger partial charge in [0.2, 0.25) is 0 Å². The minimum Gasteiger partial charge on any atom is -0.376 e. The maximum atomic E-state index is 5.69. The Bertz CT molecular complexity index is 176. The Morgan fingerprint density at radius 3 is 1.88 bits per heavy atom. The van der Waals surface area contributed by atoms with Crippen molar-refractivity contribution < 1.29 is 4.74 Å². The Kier molecular flexibility index (Phi) is 6.57. The van der Waals surface area contributed by atoms with E-state index in [0.29, 0.717) is 5.54 Å². The molecule has 2 heteroatoms. The van der Waals surface area contributed by atoms with Gasteiger partial charge < -0.3 is 9.64 Å². The topological polar surface area (TPSA) is 12.5 Å². The molecule has 0 atom stereocenters. The maximum absolute atomic E-state index is 5.69. The van der Waals surface area contributed by atoms with Crippen molar-refractivity contribution in [3.05, 3.63) is 0 Å². The molecule has 98 valence electrons. The van der Waals surface area contributed by atoms with Gasteiger partial charge in [0.1, 0.15) is 0 Å². The second kappa shape index (κ2) is 6.61. The molecule has 0 N–H and O–H groups in total. The fourth-order valence-electron chi connectivity index (χ4n) is 1.34. The average molecular weight is 229 g/mol. The number of ether oxygens (including phenoxy) is 1. The predicted molar refractivity (Wildman–Crippen MR) is 71.9 cm³/mol. The molecule has 0 amide bonds. The molecule has 0 aliphatic heterocycles. The summed E-state index contributed by atoms with van der Waals surface area (Å²) in [4.78, 5) is 2.41. The molecule has 0 saturated carbocycles. The van der Waals surface area contributed by atoms with Crippen LogP contribution in [0.2, 0.25) is 0 Å². The van der Waals surface area contributed by atoms with Crippen LogP contribution in [0.25, 0.3) is 0 Å². The van der Waals surface area contributed by atoms with Crippen LogP contribution in [-0.2, 0) is 4.74 Å². The first-order chi connectivity index (χ1) is 7.13. The number of hydrogen-bond donors (Lipinski definition) is 0. The molecule has 0 spiro atoms. The molecule has 16 heavy (non-hydrogen) atoms. The minimum absolute atomic E-state index is 0.0161. The summed E-state index contributed by atoms with van der Waals surface area (Å²) in [6.45, 7) is 15.2. The summed E-state index contributed by atoms with van der Waals surface area (Å²) in [5.74, 6) is 0. The quantitative estimate of drug-likeness (QED) is 0.644. The summed E-state index contributed by atoms with van der Waals surface area (Å²) in [6, 6.07) is 0. The van der Waals surface area contributed by atoms with Crippen LogP contribution in [0.15, 0.2) is 0 Å². The summed E-state index contributed by atoms with van der Waals surface area (Å²) in [6.07, 6.45) is 3.70.